The van der Waals surface area contributed by atoms with Gasteiger partial charge < -0.3 is 15.4 Å². The lowest BCUT2D eigenvalue weighted by atomic mass is 9.81. The van der Waals surface area contributed by atoms with Crippen molar-refractivity contribution in [2.45, 2.75) is 19.3 Å². The molecule has 6 nitrogen and oxygen atoms in total. The van der Waals surface area contributed by atoms with Gasteiger partial charge in [0.2, 0.25) is 5.91 Å². The number of hydrogen-bond donors (Lipinski definition) is 1. The molecule has 0 spiro atoms. The fourth-order valence-electron chi connectivity index (χ4n) is 3.79. The first kappa shape index (κ1) is 15.1. The second-order valence-corrected chi connectivity index (χ2v) is 6.42. The second kappa shape index (κ2) is 5.43. The average Bonchev–Trinajstić information content (AvgIpc) is 3.03. The zero-order valence-corrected chi connectivity index (χ0v) is 13.1. The van der Waals surface area contributed by atoms with Crippen LogP contribution in [0.25, 0.3) is 0 Å². The number of nitrogens with two attached hydrogens (primary N) is 1. The van der Waals surface area contributed by atoms with E-state index >= 15 is 0 Å². The van der Waals surface area contributed by atoms with Crippen molar-refractivity contribution in [3.63, 3.8) is 0 Å². The molecule has 1 amide bonds. The van der Waals surface area contributed by atoms with Crippen molar-refractivity contribution in [1.82, 2.24) is 4.98 Å². The molecule has 0 aromatic carbocycles. The van der Waals surface area contributed by atoms with Gasteiger partial charge in [-0.2, -0.15) is 0 Å². The van der Waals surface area contributed by atoms with E-state index in [4.69, 9.17) is 22.1 Å². The Morgan fingerprint density at radius 3 is 2.95 bits per heavy atom. The number of halogens is 1. The highest BCUT2D eigenvalue weighted by Gasteiger charge is 2.55. The number of primary amides is 1. The summed E-state index contributed by atoms with van der Waals surface area (Å²) in [4.78, 5) is 29.7. The first-order valence-electron chi connectivity index (χ1n) is 7.26. The maximum atomic E-state index is 12.3. The molecule has 3 rings (SSSR count). The fraction of sp³-hybridized carbons (Fsp3) is 0.533. The minimum Gasteiger partial charge on any atom is -0.469 e. The molecule has 2 heterocycles. The number of methoxy groups -OCH3 is 1. The molecule has 0 bridgehead atoms. The number of esters is 1. The van der Waals surface area contributed by atoms with Crippen LogP contribution in [-0.4, -0.2) is 37.1 Å². The van der Waals surface area contributed by atoms with Gasteiger partial charge in [-0.05, 0) is 24.8 Å². The Kier molecular flexibility index (Phi) is 3.72. The summed E-state index contributed by atoms with van der Waals surface area (Å²) in [5.74, 6) is 0.130. The Morgan fingerprint density at radius 2 is 2.32 bits per heavy atom. The van der Waals surface area contributed by atoms with Crippen LogP contribution in [0.1, 0.15) is 29.6 Å². The SMILES string of the molecule is COC(=O)C12CCCC1CN(c1ncc(C(N)=O)cc1Cl)C2. The first-order chi connectivity index (χ1) is 10.5. The number of amides is 1. The summed E-state index contributed by atoms with van der Waals surface area (Å²) in [7, 11) is 1.43. The van der Waals surface area contributed by atoms with Crippen molar-refractivity contribution >= 4 is 29.3 Å². The molecule has 1 saturated carbocycles. The number of rotatable bonds is 3. The highest BCUT2D eigenvalue weighted by molar-refractivity contribution is 6.33. The molecule has 2 fully saturated rings. The predicted octanol–water partition coefficient (Wildman–Crippen LogP) is 1.61. The van der Waals surface area contributed by atoms with Gasteiger partial charge in [0.25, 0.3) is 0 Å². The number of fused-ring (bicyclic) bond motifs is 1. The van der Waals surface area contributed by atoms with Gasteiger partial charge in [0.05, 0.1) is 23.1 Å². The van der Waals surface area contributed by atoms with Gasteiger partial charge in [-0.3, -0.25) is 9.59 Å². The molecular formula is C15H18ClN3O3. The third-order valence-corrected chi connectivity index (χ3v) is 5.15. The zero-order valence-electron chi connectivity index (χ0n) is 12.3. The fourth-order valence-corrected chi connectivity index (χ4v) is 4.07. The average molecular weight is 324 g/mol. The largest absolute Gasteiger partial charge is 0.469 e. The van der Waals surface area contributed by atoms with Gasteiger partial charge in [-0.15, -0.1) is 0 Å². The molecule has 2 aliphatic rings. The van der Waals surface area contributed by atoms with Crippen LogP contribution in [-0.2, 0) is 9.53 Å². The van der Waals surface area contributed by atoms with E-state index < -0.39 is 11.3 Å². The number of nitrogens with zero attached hydrogens (tertiary/aromatic N) is 2. The van der Waals surface area contributed by atoms with Crippen LogP contribution in [0.2, 0.25) is 5.02 Å². The topological polar surface area (TPSA) is 85.5 Å². The highest BCUT2D eigenvalue weighted by atomic mass is 35.5. The summed E-state index contributed by atoms with van der Waals surface area (Å²) in [6, 6.07) is 1.52. The lowest BCUT2D eigenvalue weighted by Crippen LogP contribution is -2.37. The van der Waals surface area contributed by atoms with E-state index in [2.05, 4.69) is 4.98 Å². The summed E-state index contributed by atoms with van der Waals surface area (Å²) >= 11 is 6.24. The van der Waals surface area contributed by atoms with E-state index in [1.807, 2.05) is 4.90 Å². The number of carbonyl (C=O) groups is 2. The Hall–Kier alpha value is -1.82. The van der Waals surface area contributed by atoms with Crippen LogP contribution in [0.3, 0.4) is 0 Å². The van der Waals surface area contributed by atoms with Crippen LogP contribution >= 0.6 is 11.6 Å². The number of hydrogen-bond acceptors (Lipinski definition) is 5. The van der Waals surface area contributed by atoms with Gasteiger partial charge in [0, 0.05) is 19.3 Å². The Bertz CT molecular complexity index is 636. The van der Waals surface area contributed by atoms with Crippen molar-refractivity contribution in [2.24, 2.45) is 17.1 Å². The molecule has 1 aliphatic heterocycles. The van der Waals surface area contributed by atoms with E-state index in [-0.39, 0.29) is 17.5 Å². The summed E-state index contributed by atoms with van der Waals surface area (Å²) in [6.07, 6.45) is 4.29. The Balaban J connectivity index is 1.89. The quantitative estimate of drug-likeness (QED) is 0.854. The minimum absolute atomic E-state index is 0.151. The molecule has 7 heteroatoms. The number of carbonyl (C=O) groups excluding carboxylic acids is 2. The molecule has 1 aliphatic carbocycles. The molecule has 1 saturated heterocycles. The van der Waals surface area contributed by atoms with Crippen LogP contribution < -0.4 is 10.6 Å². The molecule has 2 N–H and O–H groups in total. The summed E-state index contributed by atoms with van der Waals surface area (Å²) in [5, 5.41) is 0.372. The molecule has 1 aromatic rings. The maximum absolute atomic E-state index is 12.3. The monoisotopic (exact) mass is 323 g/mol. The molecule has 0 radical (unpaired) electrons. The Morgan fingerprint density at radius 1 is 1.55 bits per heavy atom. The highest BCUT2D eigenvalue weighted by Crippen LogP contribution is 2.50. The molecular weight excluding hydrogens is 306 g/mol. The first-order valence-corrected chi connectivity index (χ1v) is 7.64. The van der Waals surface area contributed by atoms with Crippen molar-refractivity contribution in [2.75, 3.05) is 25.1 Å². The third-order valence-electron chi connectivity index (χ3n) is 4.87. The molecule has 2 atom stereocenters. The normalized spacial score (nSPS) is 26.8. The van der Waals surface area contributed by atoms with Crippen LogP contribution in [0.4, 0.5) is 5.82 Å². The van der Waals surface area contributed by atoms with Crippen LogP contribution in [0.5, 0.6) is 0 Å². The van der Waals surface area contributed by atoms with Crippen LogP contribution in [0.15, 0.2) is 12.3 Å². The van der Waals surface area contributed by atoms with E-state index in [0.29, 0.717) is 17.4 Å². The molecule has 22 heavy (non-hydrogen) atoms. The molecule has 1 aromatic heterocycles. The third kappa shape index (κ3) is 2.22. The van der Waals surface area contributed by atoms with E-state index in [1.54, 1.807) is 0 Å². The lowest BCUT2D eigenvalue weighted by molar-refractivity contribution is -0.152. The minimum atomic E-state index is -0.565. The van der Waals surface area contributed by atoms with Gasteiger partial charge in [0.15, 0.2) is 0 Å². The second-order valence-electron chi connectivity index (χ2n) is 6.01. The summed E-state index contributed by atoms with van der Waals surface area (Å²) in [6.45, 7) is 1.27. The summed E-state index contributed by atoms with van der Waals surface area (Å²) in [5.41, 5.74) is 5.05. The van der Waals surface area contributed by atoms with E-state index in [0.717, 1.165) is 25.8 Å². The standard InChI is InChI=1S/C15H18ClN3O3/c1-22-14(21)15-4-2-3-10(15)7-19(8-15)13-11(16)5-9(6-18-13)12(17)20/h5-6,10H,2-4,7-8H2,1H3,(H2,17,20). The van der Waals surface area contributed by atoms with E-state index in [1.165, 1.54) is 19.4 Å². The zero-order chi connectivity index (χ0) is 15.9. The Labute approximate surface area is 133 Å². The van der Waals surface area contributed by atoms with Crippen molar-refractivity contribution in [3.8, 4) is 0 Å². The number of pyridine rings is 1. The predicted molar refractivity (Wildman–Crippen MR) is 81.8 cm³/mol. The van der Waals surface area contributed by atoms with Crippen molar-refractivity contribution in [1.29, 1.82) is 0 Å². The van der Waals surface area contributed by atoms with E-state index in [9.17, 15) is 9.59 Å². The lowest BCUT2D eigenvalue weighted by Gasteiger charge is -2.25. The van der Waals surface area contributed by atoms with Crippen molar-refractivity contribution < 1.29 is 14.3 Å². The number of anilines is 1. The van der Waals surface area contributed by atoms with Gasteiger partial charge in [0.1, 0.15) is 5.82 Å². The summed E-state index contributed by atoms with van der Waals surface area (Å²) < 4.78 is 5.02. The number of ether oxygens (including phenoxy) is 1. The van der Waals surface area contributed by atoms with Crippen LogP contribution in [0, 0.1) is 11.3 Å². The number of aromatic nitrogens is 1. The van der Waals surface area contributed by atoms with Gasteiger partial charge in [-0.25, -0.2) is 4.98 Å². The molecule has 118 valence electrons. The van der Waals surface area contributed by atoms with Gasteiger partial charge >= 0.3 is 5.97 Å². The smallest absolute Gasteiger partial charge is 0.313 e. The molecule has 2 unspecified atom stereocenters. The van der Waals surface area contributed by atoms with Gasteiger partial charge in [-0.1, -0.05) is 18.0 Å². The van der Waals surface area contributed by atoms with Crippen molar-refractivity contribution in [3.05, 3.63) is 22.8 Å². The maximum Gasteiger partial charge on any atom is 0.313 e.